The first-order valence-electron chi connectivity index (χ1n) is 3.60. The van der Waals surface area contributed by atoms with Crippen LogP contribution >= 0.6 is 0 Å². The van der Waals surface area contributed by atoms with Crippen LogP contribution in [0.5, 0.6) is 0 Å². The lowest BCUT2D eigenvalue weighted by molar-refractivity contribution is -0.571. The average molecular weight is 153 g/mol. The predicted octanol–water partition coefficient (Wildman–Crippen LogP) is 0.180. The molecule has 1 saturated heterocycles. The minimum Gasteiger partial charge on any atom is -0.211 e. The second-order valence-corrected chi connectivity index (χ2v) is 2.48. The lowest BCUT2D eigenvalue weighted by Gasteiger charge is -2.11. The molecule has 1 rings (SSSR count). The van der Waals surface area contributed by atoms with Crippen molar-refractivity contribution in [3.05, 3.63) is 0 Å². The molecule has 11 heavy (non-hydrogen) atoms. The summed E-state index contributed by atoms with van der Waals surface area (Å²) in [4.78, 5) is 23.6. The Morgan fingerprint density at radius 3 is 2.82 bits per heavy atom. The van der Waals surface area contributed by atoms with Crippen molar-refractivity contribution in [2.75, 3.05) is 6.54 Å². The molecule has 4 nitrogen and oxygen atoms in total. The van der Waals surface area contributed by atoms with Gasteiger partial charge in [0.25, 0.3) is 6.17 Å². The van der Waals surface area contributed by atoms with Crippen LogP contribution < -0.4 is 0 Å². The highest BCUT2D eigenvalue weighted by Gasteiger charge is 2.24. The third kappa shape index (κ3) is 1.84. The third-order valence-electron chi connectivity index (χ3n) is 1.79. The average Bonchev–Trinajstić information content (AvgIpc) is 2.06. The first-order chi connectivity index (χ1) is 5.38. The molecule has 4 heteroatoms. The highest BCUT2D eigenvalue weighted by Crippen LogP contribution is 2.11. The molecule has 0 aromatic heterocycles. The summed E-state index contributed by atoms with van der Waals surface area (Å²) in [7, 11) is 0. The van der Waals surface area contributed by atoms with Gasteiger partial charge in [-0.1, -0.05) is 0 Å². The van der Waals surface area contributed by atoms with E-state index < -0.39 is 0 Å². The molecule has 58 valence electrons. The number of piperidine rings is 1. The van der Waals surface area contributed by atoms with Crippen LogP contribution in [-0.4, -0.2) is 29.4 Å². The molecule has 0 aromatic carbocycles. The third-order valence-corrected chi connectivity index (χ3v) is 1.79. The van der Waals surface area contributed by atoms with Gasteiger partial charge in [-0.3, -0.25) is 0 Å². The fraction of sp³-hybridized carbons (Fsp3) is 0.714. The number of nitrogens with zero attached hydrogens (tertiary/aromatic N) is 2. The molecule has 0 aliphatic carbocycles. The highest BCUT2D eigenvalue weighted by molar-refractivity contribution is 5.33. The summed E-state index contributed by atoms with van der Waals surface area (Å²) in [6, 6.07) is 0. The van der Waals surface area contributed by atoms with Gasteiger partial charge in [0.1, 0.15) is 0 Å². The van der Waals surface area contributed by atoms with Crippen molar-refractivity contribution in [1.29, 1.82) is 0 Å². The van der Waals surface area contributed by atoms with Gasteiger partial charge in [0.15, 0.2) is 6.54 Å². The molecule has 1 unspecified atom stereocenters. The summed E-state index contributed by atoms with van der Waals surface area (Å²) >= 11 is 0. The van der Waals surface area contributed by atoms with Crippen molar-refractivity contribution in [2.24, 2.45) is 4.99 Å². The summed E-state index contributed by atoms with van der Waals surface area (Å²) in [6.07, 6.45) is 5.63. The second kappa shape index (κ2) is 3.81. The Balaban J connectivity index is 2.74. The summed E-state index contributed by atoms with van der Waals surface area (Å²) in [5, 5.41) is 0. The number of carbonyl (C=O) groups excluding carboxylic acids is 2. The molecular formula is C7H9N2O2+. The molecule has 1 fully saturated rings. The smallest absolute Gasteiger partial charge is 0.211 e. The molecule has 0 spiro atoms. The summed E-state index contributed by atoms with van der Waals surface area (Å²) < 4.78 is 1.41. The van der Waals surface area contributed by atoms with Crippen molar-refractivity contribution in [3.63, 3.8) is 0 Å². The van der Waals surface area contributed by atoms with Gasteiger partial charge in [-0.25, -0.2) is 4.79 Å². The van der Waals surface area contributed by atoms with E-state index >= 15 is 0 Å². The molecule has 0 aromatic rings. The Morgan fingerprint density at radius 1 is 1.36 bits per heavy atom. The molecule has 0 bridgehead atoms. The summed E-state index contributed by atoms with van der Waals surface area (Å²) in [6.45, 7) is 0.652. The van der Waals surface area contributed by atoms with Crippen LogP contribution in [0.4, 0.5) is 0 Å². The lowest BCUT2D eigenvalue weighted by Crippen LogP contribution is -2.29. The van der Waals surface area contributed by atoms with E-state index in [1.165, 1.54) is 10.7 Å². The lowest BCUT2D eigenvalue weighted by atomic mass is 10.1. The van der Waals surface area contributed by atoms with Crippen molar-refractivity contribution in [2.45, 2.75) is 25.4 Å². The number of rotatable bonds is 1. The highest BCUT2D eigenvalue weighted by atomic mass is 16.1. The predicted molar refractivity (Wildman–Crippen MR) is 36.6 cm³/mol. The van der Waals surface area contributed by atoms with Gasteiger partial charge in [-0.05, 0) is 6.42 Å². The zero-order valence-corrected chi connectivity index (χ0v) is 6.12. The van der Waals surface area contributed by atoms with E-state index in [9.17, 15) is 9.59 Å². The van der Waals surface area contributed by atoms with E-state index in [0.29, 0.717) is 6.54 Å². The molecule has 0 saturated carbocycles. The van der Waals surface area contributed by atoms with Crippen LogP contribution in [0.2, 0.25) is 0 Å². The maximum Gasteiger partial charge on any atom is 0.426 e. The van der Waals surface area contributed by atoms with Gasteiger partial charge in [0.05, 0.1) is 0 Å². The number of isocyanates is 2. The van der Waals surface area contributed by atoms with Crippen molar-refractivity contribution < 1.29 is 14.2 Å². The fourth-order valence-corrected chi connectivity index (χ4v) is 1.22. The quantitative estimate of drug-likeness (QED) is 0.306. The molecule has 1 aliphatic heterocycles. The Bertz CT molecular complexity index is 237. The largest absolute Gasteiger partial charge is 0.426 e. The van der Waals surface area contributed by atoms with Gasteiger partial charge in [0.2, 0.25) is 6.08 Å². The van der Waals surface area contributed by atoms with Crippen LogP contribution in [0.25, 0.3) is 0 Å². The molecule has 1 atom stereocenters. The Labute approximate surface area is 64.2 Å². The maximum absolute atomic E-state index is 10.3. The second-order valence-electron chi connectivity index (χ2n) is 2.48. The van der Waals surface area contributed by atoms with Crippen LogP contribution in [0, 0.1) is 0 Å². The Kier molecular flexibility index (Phi) is 2.73. The Hall–Kier alpha value is -1.24. The van der Waals surface area contributed by atoms with Gasteiger partial charge in [-0.2, -0.15) is 4.79 Å². The normalized spacial score (nSPS) is 23.6. The first-order valence-corrected chi connectivity index (χ1v) is 3.60. The molecule has 0 N–H and O–H groups in total. The van der Waals surface area contributed by atoms with Crippen LogP contribution in [0.3, 0.4) is 0 Å². The number of hydrogen-bond donors (Lipinski definition) is 0. The number of hydrogen-bond acceptors (Lipinski definition) is 3. The van der Waals surface area contributed by atoms with Crippen LogP contribution in [-0.2, 0) is 9.59 Å². The van der Waals surface area contributed by atoms with E-state index in [4.69, 9.17) is 0 Å². The summed E-state index contributed by atoms with van der Waals surface area (Å²) in [5.41, 5.74) is 0. The van der Waals surface area contributed by atoms with Crippen LogP contribution in [0.1, 0.15) is 19.3 Å². The van der Waals surface area contributed by atoms with Crippen molar-refractivity contribution in [3.8, 4) is 0 Å². The van der Waals surface area contributed by atoms with E-state index in [2.05, 4.69) is 4.99 Å². The van der Waals surface area contributed by atoms with E-state index in [1.54, 1.807) is 6.08 Å². The fourth-order valence-electron chi connectivity index (χ4n) is 1.22. The maximum atomic E-state index is 10.3. The Morgan fingerprint density at radius 2 is 2.18 bits per heavy atom. The molecule has 1 heterocycles. The van der Waals surface area contributed by atoms with Gasteiger partial charge in [-0.15, -0.1) is 9.57 Å². The molecular weight excluding hydrogens is 144 g/mol. The minimum atomic E-state index is -0.307. The van der Waals surface area contributed by atoms with Gasteiger partial charge in [0, 0.05) is 12.8 Å². The molecule has 1 aliphatic rings. The summed E-state index contributed by atoms with van der Waals surface area (Å²) in [5.74, 6) is 0. The van der Waals surface area contributed by atoms with E-state index in [-0.39, 0.29) is 6.17 Å². The topological polar surface area (TPSA) is 49.5 Å². The zero-order valence-electron chi connectivity index (χ0n) is 6.12. The van der Waals surface area contributed by atoms with Crippen molar-refractivity contribution in [1.82, 2.24) is 0 Å². The monoisotopic (exact) mass is 153 g/mol. The SMILES string of the molecule is O=C=NC1CCCC[N+]1=C=O. The first kappa shape index (κ1) is 7.86. The van der Waals surface area contributed by atoms with E-state index in [1.807, 2.05) is 0 Å². The minimum absolute atomic E-state index is 0.307. The standard InChI is InChI=1S/C7H9N2O2/c10-5-8-7-3-1-2-4-9(7)6-11/h7H,1-4H2/q+1. The van der Waals surface area contributed by atoms with Crippen LogP contribution in [0.15, 0.2) is 4.99 Å². The molecule has 0 amide bonds. The zero-order chi connectivity index (χ0) is 8.10. The number of aliphatic imine (C=N–C) groups is 1. The van der Waals surface area contributed by atoms with Gasteiger partial charge < -0.3 is 0 Å². The molecule has 0 radical (unpaired) electrons. The van der Waals surface area contributed by atoms with Crippen molar-refractivity contribution >= 4 is 12.2 Å². The van der Waals surface area contributed by atoms with Gasteiger partial charge >= 0.3 is 6.08 Å². The van der Waals surface area contributed by atoms with E-state index in [0.717, 1.165) is 19.3 Å².